The van der Waals surface area contributed by atoms with Crippen molar-refractivity contribution in [3.8, 4) is 0 Å². The number of aliphatic hydroxyl groups excluding tert-OH is 1. The summed E-state index contributed by atoms with van der Waals surface area (Å²) in [5, 5.41) is 10.9. The SMILES string of the molecule is C=C1CC(O)C2C(C(=O)OCC23CCCC2(C)COC(OC)C23)C1=O. The Labute approximate surface area is 147 Å². The first-order chi connectivity index (χ1) is 11.8. The third-order valence-corrected chi connectivity index (χ3v) is 7.10. The van der Waals surface area contributed by atoms with Crippen LogP contribution in [-0.4, -0.2) is 49.6 Å². The maximum Gasteiger partial charge on any atom is 0.317 e. The molecule has 1 N–H and O–H groups in total. The van der Waals surface area contributed by atoms with Gasteiger partial charge in [-0.1, -0.05) is 19.9 Å². The van der Waals surface area contributed by atoms with E-state index >= 15 is 0 Å². The minimum Gasteiger partial charge on any atom is -0.465 e. The maximum absolute atomic E-state index is 12.7. The van der Waals surface area contributed by atoms with Gasteiger partial charge in [-0.3, -0.25) is 9.59 Å². The molecule has 0 amide bonds. The molecule has 2 heterocycles. The van der Waals surface area contributed by atoms with Crippen LogP contribution in [0.3, 0.4) is 0 Å². The van der Waals surface area contributed by atoms with E-state index in [4.69, 9.17) is 14.2 Å². The number of esters is 1. The van der Waals surface area contributed by atoms with Crippen molar-refractivity contribution in [3.63, 3.8) is 0 Å². The van der Waals surface area contributed by atoms with Crippen molar-refractivity contribution in [2.45, 2.75) is 45.0 Å². The molecule has 2 saturated carbocycles. The Morgan fingerprint density at radius 1 is 1.28 bits per heavy atom. The lowest BCUT2D eigenvalue weighted by Gasteiger charge is -2.58. The van der Waals surface area contributed by atoms with E-state index in [1.807, 2.05) is 0 Å². The van der Waals surface area contributed by atoms with Crippen LogP contribution >= 0.6 is 0 Å². The lowest BCUT2D eigenvalue weighted by Crippen LogP contribution is -2.64. The fourth-order valence-electron chi connectivity index (χ4n) is 6.14. The van der Waals surface area contributed by atoms with Crippen LogP contribution in [0.25, 0.3) is 0 Å². The molecular formula is C19H26O6. The summed E-state index contributed by atoms with van der Waals surface area (Å²) in [4.78, 5) is 25.1. The van der Waals surface area contributed by atoms with Crippen molar-refractivity contribution in [2.75, 3.05) is 20.3 Å². The topological polar surface area (TPSA) is 82.1 Å². The normalized spacial score (nSPS) is 49.7. The van der Waals surface area contributed by atoms with Gasteiger partial charge in [-0.05, 0) is 23.8 Å². The first-order valence-corrected chi connectivity index (χ1v) is 9.05. The van der Waals surface area contributed by atoms with E-state index in [0.29, 0.717) is 12.2 Å². The Hall–Kier alpha value is -1.24. The molecule has 4 fully saturated rings. The number of ketones is 1. The van der Waals surface area contributed by atoms with Crippen LogP contribution in [-0.2, 0) is 23.8 Å². The largest absolute Gasteiger partial charge is 0.465 e. The molecule has 2 saturated heterocycles. The lowest BCUT2D eigenvalue weighted by molar-refractivity contribution is -0.224. The molecule has 6 nitrogen and oxygen atoms in total. The highest BCUT2D eigenvalue weighted by Gasteiger charge is 2.68. The summed E-state index contributed by atoms with van der Waals surface area (Å²) in [6, 6.07) is 0. The van der Waals surface area contributed by atoms with Crippen molar-refractivity contribution in [2.24, 2.45) is 28.6 Å². The Morgan fingerprint density at radius 3 is 2.76 bits per heavy atom. The second-order valence-corrected chi connectivity index (χ2v) is 8.48. The van der Waals surface area contributed by atoms with Crippen molar-refractivity contribution in [1.82, 2.24) is 0 Å². The van der Waals surface area contributed by atoms with Gasteiger partial charge in [-0.2, -0.15) is 0 Å². The van der Waals surface area contributed by atoms with Crippen LogP contribution in [0, 0.1) is 28.6 Å². The smallest absolute Gasteiger partial charge is 0.317 e. The Kier molecular flexibility index (Phi) is 3.87. The van der Waals surface area contributed by atoms with Crippen molar-refractivity contribution in [1.29, 1.82) is 0 Å². The Morgan fingerprint density at radius 2 is 2.04 bits per heavy atom. The molecule has 0 aromatic carbocycles. The highest BCUT2D eigenvalue weighted by Crippen LogP contribution is 2.64. The Bertz CT molecular complexity index is 629. The third kappa shape index (κ3) is 2.20. The molecule has 2 aliphatic carbocycles. The zero-order valence-corrected chi connectivity index (χ0v) is 14.8. The van der Waals surface area contributed by atoms with Gasteiger partial charge in [-0.25, -0.2) is 0 Å². The van der Waals surface area contributed by atoms with Crippen LogP contribution in [0.15, 0.2) is 12.2 Å². The first-order valence-electron chi connectivity index (χ1n) is 9.05. The van der Waals surface area contributed by atoms with Crippen LogP contribution in [0.1, 0.15) is 32.6 Å². The minimum atomic E-state index is -0.953. The van der Waals surface area contributed by atoms with Crippen molar-refractivity contribution >= 4 is 11.8 Å². The number of Topliss-reactive ketones (excluding diaryl/α,β-unsaturated/α-hetero) is 1. The van der Waals surface area contributed by atoms with Crippen LogP contribution in [0.4, 0.5) is 0 Å². The van der Waals surface area contributed by atoms with Crippen LogP contribution in [0.2, 0.25) is 0 Å². The molecule has 4 aliphatic rings. The monoisotopic (exact) mass is 350 g/mol. The zero-order valence-electron chi connectivity index (χ0n) is 14.8. The van der Waals surface area contributed by atoms with E-state index in [1.165, 1.54) is 0 Å². The number of hydrogen-bond acceptors (Lipinski definition) is 6. The van der Waals surface area contributed by atoms with Gasteiger partial charge in [0.25, 0.3) is 0 Å². The van der Waals surface area contributed by atoms with E-state index in [0.717, 1.165) is 19.3 Å². The molecule has 25 heavy (non-hydrogen) atoms. The predicted octanol–water partition coefficient (Wildman–Crippen LogP) is 1.46. The fraction of sp³-hybridized carbons (Fsp3) is 0.789. The quantitative estimate of drug-likeness (QED) is 0.438. The van der Waals surface area contributed by atoms with Gasteiger partial charge in [0.15, 0.2) is 12.1 Å². The molecule has 2 aliphatic heterocycles. The molecule has 0 radical (unpaired) electrons. The average molecular weight is 350 g/mol. The minimum absolute atomic E-state index is 0.0202. The summed E-state index contributed by atoms with van der Waals surface area (Å²) in [5.74, 6) is -2.24. The molecule has 7 unspecified atom stereocenters. The van der Waals surface area contributed by atoms with Gasteiger partial charge < -0.3 is 19.3 Å². The fourth-order valence-corrected chi connectivity index (χ4v) is 6.14. The zero-order chi connectivity index (χ0) is 18.0. The van der Waals surface area contributed by atoms with E-state index in [1.54, 1.807) is 7.11 Å². The van der Waals surface area contributed by atoms with Gasteiger partial charge in [0.2, 0.25) is 0 Å². The first kappa shape index (κ1) is 17.2. The second-order valence-electron chi connectivity index (χ2n) is 8.48. The van der Waals surface area contributed by atoms with Gasteiger partial charge in [0.05, 0.1) is 19.3 Å². The van der Waals surface area contributed by atoms with Crippen LogP contribution in [0.5, 0.6) is 0 Å². The van der Waals surface area contributed by atoms with Crippen LogP contribution < -0.4 is 0 Å². The van der Waals surface area contributed by atoms with Gasteiger partial charge in [-0.15, -0.1) is 0 Å². The average Bonchev–Trinajstić information content (AvgIpc) is 2.93. The summed E-state index contributed by atoms with van der Waals surface area (Å²) in [7, 11) is 1.62. The number of rotatable bonds is 1. The van der Waals surface area contributed by atoms with E-state index < -0.39 is 35.6 Å². The number of hydrogen-bond donors (Lipinski definition) is 1. The molecule has 0 aromatic rings. The molecule has 4 rings (SSSR count). The number of cyclic esters (lactones) is 1. The summed E-state index contributed by atoms with van der Waals surface area (Å²) in [6.45, 7) is 6.73. The Balaban J connectivity index is 1.83. The molecule has 0 bridgehead atoms. The second kappa shape index (κ2) is 5.63. The maximum atomic E-state index is 12.7. The summed E-state index contributed by atoms with van der Waals surface area (Å²) < 4.78 is 17.1. The molecule has 6 heteroatoms. The molecule has 138 valence electrons. The van der Waals surface area contributed by atoms with E-state index in [9.17, 15) is 14.7 Å². The summed E-state index contributed by atoms with van der Waals surface area (Å²) in [6.07, 6.45) is 1.79. The number of ether oxygens (including phenoxy) is 3. The van der Waals surface area contributed by atoms with E-state index in [-0.39, 0.29) is 30.1 Å². The molecule has 1 spiro atoms. The number of methoxy groups -OCH3 is 1. The number of aliphatic hydroxyl groups is 1. The predicted molar refractivity (Wildman–Crippen MR) is 87.3 cm³/mol. The van der Waals surface area contributed by atoms with Crippen molar-refractivity contribution < 1.29 is 28.9 Å². The molecule has 7 atom stereocenters. The van der Waals surface area contributed by atoms with Gasteiger partial charge in [0, 0.05) is 30.8 Å². The number of carbonyl (C=O) groups is 2. The molecule has 0 aromatic heterocycles. The highest BCUT2D eigenvalue weighted by atomic mass is 16.7. The summed E-state index contributed by atoms with van der Waals surface area (Å²) in [5.41, 5.74) is -0.296. The summed E-state index contributed by atoms with van der Waals surface area (Å²) >= 11 is 0. The number of carbonyl (C=O) groups excluding carboxylic acids is 2. The van der Waals surface area contributed by atoms with Gasteiger partial charge in [0.1, 0.15) is 5.92 Å². The third-order valence-electron chi connectivity index (χ3n) is 7.10. The van der Waals surface area contributed by atoms with E-state index in [2.05, 4.69) is 13.5 Å². The molecular weight excluding hydrogens is 324 g/mol. The number of fused-ring (bicyclic) bond motifs is 4. The van der Waals surface area contributed by atoms with Crippen molar-refractivity contribution in [3.05, 3.63) is 12.2 Å². The lowest BCUT2D eigenvalue weighted by atomic mass is 9.47. The van der Waals surface area contributed by atoms with Gasteiger partial charge >= 0.3 is 5.97 Å². The standard InChI is InChI=1S/C19H26O6/c1-10-7-11(20)13-12(14(10)21)16(22)24-9-19(13)6-4-5-18(2)8-25-17(23-3)15(18)19/h11-13,15,17,20H,1,4-9H2,2-3H3. The highest BCUT2D eigenvalue weighted by molar-refractivity contribution is 6.09.